The minimum atomic E-state index is 0. The van der Waals surface area contributed by atoms with Gasteiger partial charge in [-0.3, -0.25) is 4.99 Å². The van der Waals surface area contributed by atoms with E-state index < -0.39 is 0 Å². The summed E-state index contributed by atoms with van der Waals surface area (Å²) in [6.07, 6.45) is 7.20. The normalized spacial score (nSPS) is 26.0. The molecule has 2 saturated carbocycles. The van der Waals surface area contributed by atoms with E-state index in [4.69, 9.17) is 17.3 Å². The number of hydrogen-bond acceptors (Lipinski definition) is 1. The first-order chi connectivity index (χ1) is 9.70. The molecule has 0 spiro atoms. The third-order valence-corrected chi connectivity index (χ3v) is 4.69. The van der Waals surface area contributed by atoms with Crippen molar-refractivity contribution in [2.24, 2.45) is 10.7 Å². The first kappa shape index (κ1) is 16.9. The standard InChI is InChI=1S/C16H22ClN3.HI/c17-13-5-3-4-11(8-13)12-9-15(10-12)20-16(18)19-14-6-1-2-7-14;/h3-5,8,12,14-15H,1-2,6-7,9-10H2,(H3,18,19,20);1H. The van der Waals surface area contributed by atoms with Gasteiger partial charge in [0.2, 0.25) is 0 Å². The van der Waals surface area contributed by atoms with E-state index in [9.17, 15) is 0 Å². The lowest BCUT2D eigenvalue weighted by Crippen LogP contribution is -2.47. The van der Waals surface area contributed by atoms with E-state index in [-0.39, 0.29) is 24.0 Å². The first-order valence-electron chi connectivity index (χ1n) is 7.56. The summed E-state index contributed by atoms with van der Waals surface area (Å²) in [5.74, 6) is 1.23. The molecule has 0 radical (unpaired) electrons. The Bertz CT molecular complexity index is 494. The summed E-state index contributed by atoms with van der Waals surface area (Å²) >= 11 is 6.03. The molecule has 0 amide bonds. The van der Waals surface area contributed by atoms with Crippen LogP contribution < -0.4 is 11.1 Å². The Labute approximate surface area is 148 Å². The van der Waals surface area contributed by atoms with E-state index in [0.29, 0.717) is 24.0 Å². The molecule has 3 N–H and O–H groups in total. The largest absolute Gasteiger partial charge is 0.370 e. The summed E-state index contributed by atoms with van der Waals surface area (Å²) in [5.41, 5.74) is 7.32. The summed E-state index contributed by atoms with van der Waals surface area (Å²) in [6, 6.07) is 9.08. The van der Waals surface area contributed by atoms with Gasteiger partial charge in [-0.25, -0.2) is 0 Å². The minimum Gasteiger partial charge on any atom is -0.370 e. The summed E-state index contributed by atoms with van der Waals surface area (Å²) in [5, 5.41) is 4.17. The van der Waals surface area contributed by atoms with Gasteiger partial charge in [-0.05, 0) is 49.3 Å². The highest BCUT2D eigenvalue weighted by atomic mass is 127. The maximum Gasteiger partial charge on any atom is 0.189 e. The van der Waals surface area contributed by atoms with Gasteiger partial charge in [0.25, 0.3) is 0 Å². The van der Waals surface area contributed by atoms with Crippen molar-refractivity contribution >= 4 is 41.5 Å². The van der Waals surface area contributed by atoms with Gasteiger partial charge < -0.3 is 11.1 Å². The van der Waals surface area contributed by atoms with E-state index >= 15 is 0 Å². The summed E-state index contributed by atoms with van der Waals surface area (Å²) in [6.45, 7) is 0. The first-order valence-corrected chi connectivity index (χ1v) is 7.94. The highest BCUT2D eigenvalue weighted by Gasteiger charge is 2.30. The fourth-order valence-corrected chi connectivity index (χ4v) is 3.44. The van der Waals surface area contributed by atoms with Crippen LogP contribution in [0.1, 0.15) is 50.0 Å². The van der Waals surface area contributed by atoms with Crippen LogP contribution in [-0.4, -0.2) is 18.0 Å². The van der Waals surface area contributed by atoms with E-state index in [0.717, 1.165) is 17.9 Å². The molecule has 2 aliphatic carbocycles. The molecule has 0 aromatic heterocycles. The zero-order valence-corrected chi connectivity index (χ0v) is 15.2. The highest BCUT2D eigenvalue weighted by molar-refractivity contribution is 14.0. The van der Waals surface area contributed by atoms with Gasteiger partial charge >= 0.3 is 0 Å². The number of nitrogens with two attached hydrogens (primary N) is 1. The van der Waals surface area contributed by atoms with Gasteiger partial charge in [0.15, 0.2) is 5.96 Å². The molecule has 0 atom stereocenters. The molecule has 1 aromatic carbocycles. The molecule has 2 aliphatic rings. The number of rotatable bonds is 3. The van der Waals surface area contributed by atoms with Crippen LogP contribution in [0.5, 0.6) is 0 Å². The van der Waals surface area contributed by atoms with E-state index in [1.807, 2.05) is 12.1 Å². The zero-order chi connectivity index (χ0) is 13.9. The minimum absolute atomic E-state index is 0. The van der Waals surface area contributed by atoms with E-state index in [1.165, 1.54) is 31.2 Å². The summed E-state index contributed by atoms with van der Waals surface area (Å²) in [4.78, 5) is 4.57. The smallest absolute Gasteiger partial charge is 0.189 e. The SMILES string of the molecule is I.NC(=NC1CCCC1)NC1CC(c2cccc(Cl)c2)C1. The van der Waals surface area contributed by atoms with Gasteiger partial charge in [-0.15, -0.1) is 24.0 Å². The molecule has 1 aromatic rings. The van der Waals surface area contributed by atoms with Crippen molar-refractivity contribution in [1.82, 2.24) is 5.32 Å². The molecule has 3 nitrogen and oxygen atoms in total. The molecule has 0 bridgehead atoms. The van der Waals surface area contributed by atoms with Crippen molar-refractivity contribution in [1.29, 1.82) is 0 Å². The van der Waals surface area contributed by atoms with E-state index in [1.54, 1.807) is 0 Å². The molecule has 0 heterocycles. The lowest BCUT2D eigenvalue weighted by molar-refractivity contribution is 0.323. The Balaban J connectivity index is 0.00000161. The molecule has 3 rings (SSSR count). The van der Waals surface area contributed by atoms with Crippen molar-refractivity contribution in [2.75, 3.05) is 0 Å². The van der Waals surface area contributed by atoms with Crippen molar-refractivity contribution in [2.45, 2.75) is 56.5 Å². The maximum atomic E-state index is 6.03. The third kappa shape index (κ3) is 4.49. The second-order valence-electron chi connectivity index (χ2n) is 6.02. The molecule has 21 heavy (non-hydrogen) atoms. The second kappa shape index (κ2) is 7.68. The fourth-order valence-electron chi connectivity index (χ4n) is 3.24. The topological polar surface area (TPSA) is 50.4 Å². The van der Waals surface area contributed by atoms with Crippen LogP contribution in [0.3, 0.4) is 0 Å². The summed E-state index contributed by atoms with van der Waals surface area (Å²) in [7, 11) is 0. The lowest BCUT2D eigenvalue weighted by atomic mass is 9.76. The molecule has 5 heteroatoms. The molecular formula is C16H23ClIN3. The van der Waals surface area contributed by atoms with Crippen LogP contribution in [0.15, 0.2) is 29.3 Å². The van der Waals surface area contributed by atoms with Gasteiger partial charge in [-0.2, -0.15) is 0 Å². The Morgan fingerprint density at radius 3 is 2.62 bits per heavy atom. The van der Waals surface area contributed by atoms with Crippen LogP contribution in [0.25, 0.3) is 0 Å². The Morgan fingerprint density at radius 1 is 1.24 bits per heavy atom. The Kier molecular flexibility index (Phi) is 6.17. The van der Waals surface area contributed by atoms with Crippen molar-refractivity contribution in [3.05, 3.63) is 34.9 Å². The predicted molar refractivity (Wildman–Crippen MR) is 99.6 cm³/mol. The predicted octanol–water partition coefficient (Wildman–Crippen LogP) is 4.05. The number of hydrogen-bond donors (Lipinski definition) is 2. The zero-order valence-electron chi connectivity index (χ0n) is 12.1. The van der Waals surface area contributed by atoms with Gasteiger partial charge in [0.05, 0.1) is 6.04 Å². The monoisotopic (exact) mass is 419 g/mol. The van der Waals surface area contributed by atoms with Crippen LogP contribution in [0, 0.1) is 0 Å². The van der Waals surface area contributed by atoms with Gasteiger partial charge in [-0.1, -0.05) is 36.6 Å². The van der Waals surface area contributed by atoms with Crippen molar-refractivity contribution in [3.8, 4) is 0 Å². The number of nitrogens with zero attached hydrogens (tertiary/aromatic N) is 1. The average molecular weight is 420 g/mol. The van der Waals surface area contributed by atoms with Gasteiger partial charge in [0.1, 0.15) is 0 Å². The fraction of sp³-hybridized carbons (Fsp3) is 0.562. The summed E-state index contributed by atoms with van der Waals surface area (Å²) < 4.78 is 0. The highest BCUT2D eigenvalue weighted by Crippen LogP contribution is 2.37. The molecule has 2 fully saturated rings. The molecule has 0 aliphatic heterocycles. The maximum absolute atomic E-state index is 6.03. The Morgan fingerprint density at radius 2 is 1.95 bits per heavy atom. The van der Waals surface area contributed by atoms with Crippen LogP contribution >= 0.6 is 35.6 Å². The van der Waals surface area contributed by atoms with Crippen molar-refractivity contribution in [3.63, 3.8) is 0 Å². The van der Waals surface area contributed by atoms with Crippen LogP contribution in [0.4, 0.5) is 0 Å². The molecule has 0 saturated heterocycles. The number of aliphatic imine (C=N–C) groups is 1. The average Bonchev–Trinajstić information content (AvgIpc) is 2.86. The number of guanidine groups is 1. The third-order valence-electron chi connectivity index (χ3n) is 4.46. The van der Waals surface area contributed by atoms with Crippen LogP contribution in [0.2, 0.25) is 5.02 Å². The number of benzene rings is 1. The van der Waals surface area contributed by atoms with E-state index in [2.05, 4.69) is 22.4 Å². The lowest BCUT2D eigenvalue weighted by Gasteiger charge is -2.36. The quantitative estimate of drug-likeness (QED) is 0.441. The van der Waals surface area contributed by atoms with Crippen molar-refractivity contribution < 1.29 is 0 Å². The second-order valence-corrected chi connectivity index (χ2v) is 6.45. The van der Waals surface area contributed by atoms with Crippen LogP contribution in [-0.2, 0) is 0 Å². The number of halogens is 2. The number of nitrogens with one attached hydrogen (secondary N) is 1. The Hall–Kier alpha value is -0.490. The molecular weight excluding hydrogens is 397 g/mol. The molecule has 116 valence electrons. The molecule has 0 unspecified atom stereocenters. The van der Waals surface area contributed by atoms with Gasteiger partial charge in [0, 0.05) is 11.1 Å².